The van der Waals surface area contributed by atoms with Gasteiger partial charge in [-0.2, -0.15) is 0 Å². The van der Waals surface area contributed by atoms with E-state index >= 15 is 0 Å². The van der Waals surface area contributed by atoms with Crippen molar-refractivity contribution in [1.82, 2.24) is 0 Å². The van der Waals surface area contributed by atoms with Crippen molar-refractivity contribution in [2.45, 2.75) is 0 Å². The molecule has 0 bridgehead atoms. The van der Waals surface area contributed by atoms with Gasteiger partial charge in [-0.1, -0.05) is 0 Å². The zero-order chi connectivity index (χ0) is 30.8. The molecule has 8 aromatic rings. The molecule has 0 nitrogen and oxygen atoms in total. The average Bonchev–Trinajstić information content (AvgIpc) is 3.05. The first kappa shape index (κ1) is 29.1. The van der Waals surface area contributed by atoms with Crippen LogP contribution >= 0.6 is 46.0 Å². The van der Waals surface area contributed by atoms with E-state index in [1.165, 1.54) is 81.8 Å². The molecule has 45 heavy (non-hydrogen) atoms. The third-order valence-electron chi connectivity index (χ3n) is 8.97. The zero-order valence-corrected chi connectivity index (χ0v) is 30.3. The maximum atomic E-state index is 2.68. The van der Waals surface area contributed by atoms with E-state index in [4.69, 9.17) is 0 Å². The fraction of sp³-hybridized carbons (Fsp3) is 0.0476. The topological polar surface area (TPSA) is 0 Å². The molecule has 0 amide bonds. The van der Waals surface area contributed by atoms with Gasteiger partial charge >= 0.3 is 293 Å². The summed E-state index contributed by atoms with van der Waals surface area (Å²) in [4.78, 5) is 0. The Balaban J connectivity index is 1.48. The Hall–Kier alpha value is -3.31. The van der Waals surface area contributed by atoms with Crippen molar-refractivity contribution < 1.29 is 0 Å². The molecule has 0 N–H and O–H groups in total. The van der Waals surface area contributed by atoms with E-state index in [0.29, 0.717) is 0 Å². The zero-order valence-electron chi connectivity index (χ0n) is 25.1. The number of rotatable bonds is 4. The van der Waals surface area contributed by atoms with Gasteiger partial charge in [-0.15, -0.1) is 0 Å². The molecule has 0 aliphatic rings. The summed E-state index contributed by atoms with van der Waals surface area (Å²) >= 11 is 5.36. The van der Waals surface area contributed by atoms with E-state index < -0.39 is 1.89 Å². The summed E-state index contributed by atoms with van der Waals surface area (Å²) in [7, 11) is 0. The summed E-state index contributed by atoms with van der Waals surface area (Å²) in [6.07, 6.45) is 0. The summed E-state index contributed by atoms with van der Waals surface area (Å²) in [5, 5.41) is 11.6. The molecule has 0 atom stereocenters. The molecule has 0 spiro atoms. The Morgan fingerprint density at radius 2 is 0.689 bits per heavy atom. The van der Waals surface area contributed by atoms with Gasteiger partial charge in [0.1, 0.15) is 0 Å². The van der Waals surface area contributed by atoms with E-state index in [1.54, 1.807) is 0 Å². The molecule has 8 rings (SSSR count). The molecule has 8 aromatic carbocycles. The van der Waals surface area contributed by atoms with Crippen LogP contribution in [0, 0.1) is 0 Å². The molecule has 0 heterocycles. The fourth-order valence-corrected chi connectivity index (χ4v) is 9.70. The van der Waals surface area contributed by atoms with Crippen LogP contribution in [0.5, 0.6) is 0 Å². The van der Waals surface area contributed by atoms with Crippen molar-refractivity contribution >= 4 is 94.4 Å². The molecular formula is C42H31I2P. The van der Waals surface area contributed by atoms with Crippen LogP contribution in [0.2, 0.25) is 0 Å². The normalized spacial score (nSPS) is 12.9. The van der Waals surface area contributed by atoms with Crippen LogP contribution in [0.3, 0.4) is 0 Å². The monoisotopic (exact) mass is 820 g/mol. The van der Waals surface area contributed by atoms with E-state index in [2.05, 4.69) is 209 Å². The van der Waals surface area contributed by atoms with Gasteiger partial charge in [0.05, 0.1) is 0 Å². The fourth-order valence-electron chi connectivity index (χ4n) is 6.80. The second-order valence-electron chi connectivity index (χ2n) is 12.5. The second-order valence-corrected chi connectivity index (χ2v) is 39.6. The van der Waals surface area contributed by atoms with Gasteiger partial charge in [0.25, 0.3) is 0 Å². The molecule has 0 radical (unpaired) electrons. The van der Waals surface area contributed by atoms with E-state index in [9.17, 15) is 0 Å². The SMILES string of the molecule is CP(C)(I)(I)c1ccc(-c2cc(-c3c4ccccc4cc4ccccc34)cc(-c3c4ccccc4cc4ccccc34)c2)cc1. The number of fused-ring (bicyclic) bond motifs is 4. The van der Waals surface area contributed by atoms with Gasteiger partial charge in [0, 0.05) is 0 Å². The molecule has 0 aromatic heterocycles. The first-order valence-corrected chi connectivity index (χ1v) is 23.9. The van der Waals surface area contributed by atoms with Gasteiger partial charge in [0.15, 0.2) is 0 Å². The molecule has 0 aliphatic heterocycles. The van der Waals surface area contributed by atoms with Crippen molar-refractivity contribution in [3.8, 4) is 33.4 Å². The van der Waals surface area contributed by atoms with Crippen molar-refractivity contribution in [2.75, 3.05) is 13.3 Å². The summed E-state index contributed by atoms with van der Waals surface area (Å²) in [5.74, 6) is 0. The van der Waals surface area contributed by atoms with E-state index in [0.717, 1.165) is 0 Å². The third kappa shape index (κ3) is 5.35. The summed E-state index contributed by atoms with van der Waals surface area (Å²) in [6, 6.07) is 56.5. The summed E-state index contributed by atoms with van der Waals surface area (Å²) in [6.45, 7) is 4.80. The van der Waals surface area contributed by atoms with Gasteiger partial charge < -0.3 is 0 Å². The molecule has 0 aliphatic carbocycles. The summed E-state index contributed by atoms with van der Waals surface area (Å²) in [5.41, 5.74) is 7.54. The Morgan fingerprint density at radius 1 is 0.356 bits per heavy atom. The van der Waals surface area contributed by atoms with Crippen molar-refractivity contribution in [1.29, 1.82) is 0 Å². The molecular weight excluding hydrogens is 789 g/mol. The van der Waals surface area contributed by atoms with Crippen LogP contribution in [0.15, 0.2) is 152 Å². The Labute approximate surface area is 290 Å². The van der Waals surface area contributed by atoms with Crippen molar-refractivity contribution in [2.24, 2.45) is 0 Å². The van der Waals surface area contributed by atoms with Crippen LogP contribution in [0.1, 0.15) is 0 Å². The molecule has 0 saturated heterocycles. The van der Waals surface area contributed by atoms with E-state index in [1.807, 2.05) is 0 Å². The minimum atomic E-state index is -1.94. The number of halogens is 2. The van der Waals surface area contributed by atoms with Gasteiger partial charge in [0.2, 0.25) is 0 Å². The van der Waals surface area contributed by atoms with Crippen LogP contribution in [0.25, 0.3) is 76.5 Å². The molecule has 0 unspecified atom stereocenters. The Bertz CT molecular complexity index is 2180. The van der Waals surface area contributed by atoms with Crippen LogP contribution in [-0.2, 0) is 0 Å². The third-order valence-corrected chi connectivity index (χ3v) is 14.0. The van der Waals surface area contributed by atoms with Crippen molar-refractivity contribution in [3.05, 3.63) is 152 Å². The number of hydrogen-bond donors (Lipinski definition) is 0. The second kappa shape index (κ2) is 10.9. The van der Waals surface area contributed by atoms with Gasteiger partial charge in [-0.3, -0.25) is 0 Å². The van der Waals surface area contributed by atoms with Gasteiger partial charge in [-0.25, -0.2) is 0 Å². The van der Waals surface area contributed by atoms with Crippen LogP contribution < -0.4 is 5.30 Å². The first-order valence-electron chi connectivity index (χ1n) is 15.2. The molecule has 3 heteroatoms. The van der Waals surface area contributed by atoms with Crippen LogP contribution in [0.4, 0.5) is 0 Å². The van der Waals surface area contributed by atoms with Crippen LogP contribution in [-0.4, -0.2) is 13.3 Å². The minimum absolute atomic E-state index is 1.23. The molecule has 0 saturated carbocycles. The summed E-state index contributed by atoms with van der Waals surface area (Å²) < 4.78 is -1.94. The maximum absolute atomic E-state index is 2.68. The molecule has 0 fully saturated rings. The standard InChI is InChI=1S/C42H31I2P/c1-45(2,43,44)36-21-19-28(20-22-36)33-25-34(41-37-15-7-3-11-29(37)23-30-12-4-8-16-38(30)41)27-35(26-33)42-39-17-9-5-13-31(39)24-32-14-6-10-18-40(32)42/h3-27H,1-2H3. The Kier molecular flexibility index (Phi) is 7.05. The average molecular weight is 820 g/mol. The Morgan fingerprint density at radius 3 is 1.04 bits per heavy atom. The quantitative estimate of drug-likeness (QED) is 0.0943. The predicted molar refractivity (Wildman–Crippen MR) is 219 cm³/mol. The van der Waals surface area contributed by atoms with Gasteiger partial charge in [-0.05, 0) is 0 Å². The first-order chi connectivity index (χ1) is 21.7. The van der Waals surface area contributed by atoms with Crippen molar-refractivity contribution in [3.63, 3.8) is 0 Å². The van der Waals surface area contributed by atoms with E-state index in [-0.39, 0.29) is 0 Å². The number of benzene rings is 8. The predicted octanol–water partition coefficient (Wildman–Crippen LogP) is 13.4. The number of hydrogen-bond acceptors (Lipinski definition) is 0. The molecule has 218 valence electrons.